The van der Waals surface area contributed by atoms with E-state index in [1.165, 1.54) is 6.92 Å². The Balaban J connectivity index is 1.63. The molecule has 4 fully saturated rings. The van der Waals surface area contributed by atoms with E-state index in [2.05, 4.69) is 6.92 Å². The van der Waals surface area contributed by atoms with E-state index in [1.807, 2.05) is 6.92 Å². The fourth-order valence-electron chi connectivity index (χ4n) is 8.16. The third-order valence-electron chi connectivity index (χ3n) is 9.72. The highest BCUT2D eigenvalue weighted by Crippen LogP contribution is 2.69. The van der Waals surface area contributed by atoms with E-state index in [0.29, 0.717) is 25.2 Å². The highest BCUT2D eigenvalue weighted by atomic mass is 16.5. The zero-order chi connectivity index (χ0) is 20.5. The molecule has 0 aromatic rings. The molecule has 2 unspecified atom stereocenters. The predicted molar refractivity (Wildman–Crippen MR) is 104 cm³/mol. The lowest BCUT2D eigenvalue weighted by Crippen LogP contribution is -2.67. The maximum absolute atomic E-state index is 12.3. The normalized spacial score (nSPS) is 52.9. The van der Waals surface area contributed by atoms with Gasteiger partial charge in [-0.05, 0) is 81.5 Å². The minimum absolute atomic E-state index is 0.00238. The first-order valence-corrected chi connectivity index (χ1v) is 11.1. The van der Waals surface area contributed by atoms with Gasteiger partial charge in [-0.1, -0.05) is 13.8 Å². The third-order valence-corrected chi connectivity index (χ3v) is 9.72. The minimum Gasteiger partial charge on any atom is -0.463 e. The Kier molecular flexibility index (Phi) is 4.74. The second-order valence-electron chi connectivity index (χ2n) is 10.7. The summed E-state index contributed by atoms with van der Waals surface area (Å²) in [5.41, 5.74) is -1.66. The quantitative estimate of drug-likeness (QED) is 0.705. The molecule has 5 nitrogen and oxygen atoms in total. The zero-order valence-electron chi connectivity index (χ0n) is 17.7. The average Bonchev–Trinajstić information content (AvgIpc) is 2.89. The van der Waals surface area contributed by atoms with Crippen molar-refractivity contribution in [2.75, 3.05) is 0 Å². The number of carbonyl (C=O) groups excluding carboxylic acids is 2. The van der Waals surface area contributed by atoms with Crippen LogP contribution in [0.15, 0.2) is 0 Å². The summed E-state index contributed by atoms with van der Waals surface area (Å²) in [5.74, 6) is 0.482. The van der Waals surface area contributed by atoms with Crippen LogP contribution < -0.4 is 0 Å². The number of ketones is 1. The molecule has 28 heavy (non-hydrogen) atoms. The van der Waals surface area contributed by atoms with E-state index < -0.39 is 17.1 Å². The molecule has 2 N–H and O–H groups in total. The van der Waals surface area contributed by atoms with Crippen LogP contribution in [0.25, 0.3) is 0 Å². The highest BCUT2D eigenvalue weighted by molar-refractivity contribution is 5.80. The molecule has 5 heteroatoms. The maximum Gasteiger partial charge on any atom is 0.302 e. The van der Waals surface area contributed by atoms with Crippen LogP contribution in [-0.2, 0) is 14.3 Å². The Labute approximate surface area is 168 Å². The number of fused-ring (bicyclic) bond motifs is 5. The van der Waals surface area contributed by atoms with E-state index in [9.17, 15) is 19.8 Å². The van der Waals surface area contributed by atoms with Gasteiger partial charge in [0.25, 0.3) is 0 Å². The smallest absolute Gasteiger partial charge is 0.302 e. The van der Waals surface area contributed by atoms with E-state index in [1.54, 1.807) is 6.92 Å². The predicted octanol–water partition coefficient (Wildman–Crippen LogP) is 3.25. The van der Waals surface area contributed by atoms with E-state index in [-0.39, 0.29) is 41.0 Å². The molecule has 158 valence electrons. The lowest BCUT2D eigenvalue weighted by Gasteiger charge is -2.64. The number of carbonyl (C=O) groups is 2. The molecule has 0 aromatic carbocycles. The summed E-state index contributed by atoms with van der Waals surface area (Å²) in [6.07, 6.45) is 5.97. The number of Topliss-reactive ketones (excluding diaryl/α,β-unsaturated/α-hetero) is 1. The minimum atomic E-state index is -0.966. The van der Waals surface area contributed by atoms with Gasteiger partial charge in [-0.3, -0.25) is 9.59 Å². The largest absolute Gasteiger partial charge is 0.463 e. The Morgan fingerprint density at radius 3 is 2.32 bits per heavy atom. The van der Waals surface area contributed by atoms with Crippen LogP contribution in [0.2, 0.25) is 0 Å². The maximum atomic E-state index is 12.3. The molecule has 0 bridgehead atoms. The molecule has 0 aromatic heterocycles. The van der Waals surface area contributed by atoms with Crippen LogP contribution in [0.3, 0.4) is 0 Å². The molecule has 9 atom stereocenters. The molecule has 4 rings (SSSR count). The van der Waals surface area contributed by atoms with Crippen molar-refractivity contribution < 1.29 is 24.5 Å². The molecule has 4 aliphatic rings. The van der Waals surface area contributed by atoms with Crippen LogP contribution in [0.1, 0.15) is 79.1 Å². The zero-order valence-corrected chi connectivity index (χ0v) is 17.7. The van der Waals surface area contributed by atoms with Gasteiger partial charge < -0.3 is 14.9 Å². The first kappa shape index (κ1) is 20.3. The van der Waals surface area contributed by atoms with Gasteiger partial charge in [0.05, 0.1) is 11.7 Å². The number of rotatable bonds is 2. The summed E-state index contributed by atoms with van der Waals surface area (Å²) in [4.78, 5) is 23.7. The van der Waals surface area contributed by atoms with Gasteiger partial charge in [0.2, 0.25) is 0 Å². The van der Waals surface area contributed by atoms with Gasteiger partial charge in [0.1, 0.15) is 11.9 Å². The van der Waals surface area contributed by atoms with Gasteiger partial charge in [-0.2, -0.15) is 0 Å². The standard InChI is InChI=1S/C23H36O5/c1-13(24)17-8-10-23(27)18-6-5-15-11-16(28-14(2)25)7-9-21(15,3)19(18)12-20(26)22(17,23)4/h15-20,26-27H,5-12H2,1-4H3/t15-,16+,17-,18?,19?,20-,21+,22+,23+/m1/s1. The lowest BCUT2D eigenvalue weighted by molar-refractivity contribution is -0.246. The van der Waals surface area contributed by atoms with Crippen LogP contribution >= 0.6 is 0 Å². The molecule has 0 radical (unpaired) electrons. The van der Waals surface area contributed by atoms with Crippen molar-refractivity contribution in [3.63, 3.8) is 0 Å². The second kappa shape index (κ2) is 6.53. The van der Waals surface area contributed by atoms with Crippen LogP contribution in [0.5, 0.6) is 0 Å². The van der Waals surface area contributed by atoms with Gasteiger partial charge in [0, 0.05) is 18.3 Å². The topological polar surface area (TPSA) is 83.8 Å². The number of esters is 1. The molecule has 0 saturated heterocycles. The molecule has 0 spiro atoms. The Morgan fingerprint density at radius 2 is 1.68 bits per heavy atom. The number of ether oxygens (including phenoxy) is 1. The number of aliphatic hydroxyl groups excluding tert-OH is 1. The first-order valence-electron chi connectivity index (χ1n) is 11.1. The fourth-order valence-corrected chi connectivity index (χ4v) is 8.16. The van der Waals surface area contributed by atoms with Crippen molar-refractivity contribution in [1.82, 2.24) is 0 Å². The molecule has 0 aliphatic heterocycles. The fraction of sp³-hybridized carbons (Fsp3) is 0.913. The van der Waals surface area contributed by atoms with Crippen molar-refractivity contribution in [2.24, 2.45) is 34.5 Å². The third kappa shape index (κ3) is 2.57. The van der Waals surface area contributed by atoms with Crippen LogP contribution in [-0.4, -0.2) is 39.8 Å². The van der Waals surface area contributed by atoms with E-state index in [0.717, 1.165) is 32.1 Å². The molecule has 4 saturated carbocycles. The average molecular weight is 393 g/mol. The number of hydrogen-bond acceptors (Lipinski definition) is 5. The summed E-state index contributed by atoms with van der Waals surface area (Å²) in [6, 6.07) is 0. The molecule has 0 amide bonds. The second-order valence-corrected chi connectivity index (χ2v) is 10.7. The Hall–Kier alpha value is -0.940. The van der Waals surface area contributed by atoms with E-state index >= 15 is 0 Å². The highest BCUT2D eigenvalue weighted by Gasteiger charge is 2.70. The van der Waals surface area contributed by atoms with Crippen molar-refractivity contribution >= 4 is 11.8 Å². The molecular weight excluding hydrogens is 356 g/mol. The van der Waals surface area contributed by atoms with E-state index in [4.69, 9.17) is 4.74 Å². The van der Waals surface area contributed by atoms with Gasteiger partial charge in [-0.15, -0.1) is 0 Å². The number of hydrogen-bond donors (Lipinski definition) is 2. The number of aliphatic hydroxyl groups is 2. The van der Waals surface area contributed by atoms with Gasteiger partial charge >= 0.3 is 5.97 Å². The first-order chi connectivity index (χ1) is 13.0. The summed E-state index contributed by atoms with van der Waals surface area (Å²) in [7, 11) is 0. The summed E-state index contributed by atoms with van der Waals surface area (Å²) in [5, 5.41) is 23.2. The Bertz CT molecular complexity index is 676. The SMILES string of the molecule is CC(=O)O[C@H]1CC[C@]2(C)C3C[C@@H](O)[C@]4(C)[C@@H](C(C)=O)CC[C@]4(O)C3CC[C@@H]2C1. The monoisotopic (exact) mass is 392 g/mol. The van der Waals surface area contributed by atoms with Crippen molar-refractivity contribution in [3.8, 4) is 0 Å². The van der Waals surface area contributed by atoms with Crippen molar-refractivity contribution in [1.29, 1.82) is 0 Å². The van der Waals surface area contributed by atoms with Crippen LogP contribution in [0, 0.1) is 34.5 Å². The van der Waals surface area contributed by atoms with Crippen LogP contribution in [0.4, 0.5) is 0 Å². The lowest BCUT2D eigenvalue weighted by atomic mass is 9.42. The van der Waals surface area contributed by atoms with Gasteiger partial charge in [0.15, 0.2) is 0 Å². The van der Waals surface area contributed by atoms with Crippen molar-refractivity contribution in [2.45, 2.75) is 96.9 Å². The molecule has 0 heterocycles. The molecule has 4 aliphatic carbocycles. The summed E-state index contributed by atoms with van der Waals surface area (Å²) >= 11 is 0. The summed E-state index contributed by atoms with van der Waals surface area (Å²) < 4.78 is 5.51. The van der Waals surface area contributed by atoms with Crippen molar-refractivity contribution in [3.05, 3.63) is 0 Å². The summed E-state index contributed by atoms with van der Waals surface area (Å²) in [6.45, 7) is 7.37. The molecular formula is C23H36O5. The van der Waals surface area contributed by atoms with Gasteiger partial charge in [-0.25, -0.2) is 0 Å². The Morgan fingerprint density at radius 1 is 0.964 bits per heavy atom.